The number of carbonyl (C=O) groups is 1. The summed E-state index contributed by atoms with van der Waals surface area (Å²) < 4.78 is 5.45. The normalized spacial score (nSPS) is 10.7. The molecule has 0 saturated heterocycles. The average molecular weight is 269 g/mol. The number of benzene rings is 1. The maximum atomic E-state index is 10.9. The first-order valence-corrected chi connectivity index (χ1v) is 6.22. The Hall–Kier alpha value is -2.62. The van der Waals surface area contributed by atoms with Crippen molar-refractivity contribution in [2.24, 2.45) is 0 Å². The molecule has 0 aliphatic carbocycles. The first-order valence-electron chi connectivity index (χ1n) is 6.22. The number of hydrogen-bond acceptors (Lipinski definition) is 3. The van der Waals surface area contributed by atoms with E-state index in [9.17, 15) is 4.79 Å². The lowest BCUT2D eigenvalue weighted by Crippen LogP contribution is -2.03. The molecule has 102 valence electrons. The van der Waals surface area contributed by atoms with Crippen molar-refractivity contribution < 1.29 is 14.6 Å². The summed E-state index contributed by atoms with van der Waals surface area (Å²) in [5, 5.41) is 8.90. The zero-order valence-corrected chi connectivity index (χ0v) is 11.1. The molecule has 0 radical (unpaired) electrons. The van der Waals surface area contributed by atoms with Crippen molar-refractivity contribution in [2.45, 2.75) is 6.92 Å². The van der Waals surface area contributed by atoms with Crippen LogP contribution in [0.4, 0.5) is 0 Å². The highest BCUT2D eigenvalue weighted by molar-refractivity contribution is 5.88. The zero-order chi connectivity index (χ0) is 14.4. The average Bonchev–Trinajstić information content (AvgIpc) is 2.44. The van der Waals surface area contributed by atoms with Crippen molar-refractivity contribution in [1.82, 2.24) is 4.98 Å². The fourth-order valence-corrected chi connectivity index (χ4v) is 1.73. The number of rotatable bonds is 5. The van der Waals surface area contributed by atoms with Gasteiger partial charge in [0.15, 0.2) is 0 Å². The molecule has 0 bridgehead atoms. The van der Waals surface area contributed by atoms with Crippen LogP contribution >= 0.6 is 0 Å². The Morgan fingerprint density at radius 2 is 2.00 bits per heavy atom. The second-order valence-electron chi connectivity index (χ2n) is 4.21. The number of pyridine rings is 1. The van der Waals surface area contributed by atoms with Gasteiger partial charge in [-0.05, 0) is 24.6 Å². The maximum absolute atomic E-state index is 10.9. The smallest absolute Gasteiger partial charge is 0.337 e. The van der Waals surface area contributed by atoms with E-state index in [0.29, 0.717) is 18.2 Å². The van der Waals surface area contributed by atoms with Gasteiger partial charge in [-0.15, -0.1) is 0 Å². The van der Waals surface area contributed by atoms with Crippen molar-refractivity contribution >= 4 is 12.0 Å². The van der Waals surface area contributed by atoms with Gasteiger partial charge in [-0.2, -0.15) is 0 Å². The van der Waals surface area contributed by atoms with Gasteiger partial charge in [0, 0.05) is 6.07 Å². The van der Waals surface area contributed by atoms with E-state index in [2.05, 4.69) is 4.98 Å². The SMILES string of the molecule is Cc1nc(OC/C=C/c2ccccc2)ccc1C(=O)O. The number of carboxylic acid groups (broad SMARTS) is 1. The number of aromatic carboxylic acids is 1. The molecule has 1 N–H and O–H groups in total. The van der Waals surface area contributed by atoms with Gasteiger partial charge < -0.3 is 9.84 Å². The van der Waals surface area contributed by atoms with E-state index in [0.717, 1.165) is 5.56 Å². The van der Waals surface area contributed by atoms with Crippen molar-refractivity contribution in [3.8, 4) is 5.88 Å². The predicted octanol–water partition coefficient (Wildman–Crippen LogP) is 3.18. The topological polar surface area (TPSA) is 59.4 Å². The highest BCUT2D eigenvalue weighted by Gasteiger charge is 2.08. The van der Waals surface area contributed by atoms with Crippen LogP contribution in [0.1, 0.15) is 21.6 Å². The monoisotopic (exact) mass is 269 g/mol. The zero-order valence-electron chi connectivity index (χ0n) is 11.1. The predicted molar refractivity (Wildman–Crippen MR) is 76.9 cm³/mol. The van der Waals surface area contributed by atoms with Gasteiger partial charge in [0.05, 0.1) is 11.3 Å². The van der Waals surface area contributed by atoms with Gasteiger partial charge in [0.25, 0.3) is 0 Å². The van der Waals surface area contributed by atoms with Crippen LogP contribution in [0.5, 0.6) is 5.88 Å². The molecule has 0 atom stereocenters. The highest BCUT2D eigenvalue weighted by Crippen LogP contribution is 2.12. The second-order valence-corrected chi connectivity index (χ2v) is 4.21. The van der Waals surface area contributed by atoms with Crippen LogP contribution in [-0.2, 0) is 0 Å². The molecule has 0 aliphatic rings. The van der Waals surface area contributed by atoms with E-state index < -0.39 is 5.97 Å². The third-order valence-corrected chi connectivity index (χ3v) is 2.73. The summed E-state index contributed by atoms with van der Waals surface area (Å²) in [7, 11) is 0. The van der Waals surface area contributed by atoms with Gasteiger partial charge in [-0.1, -0.05) is 36.4 Å². The van der Waals surface area contributed by atoms with Gasteiger partial charge in [-0.25, -0.2) is 9.78 Å². The van der Waals surface area contributed by atoms with Crippen LogP contribution in [0, 0.1) is 6.92 Å². The van der Waals surface area contributed by atoms with E-state index in [1.807, 2.05) is 42.5 Å². The number of aryl methyl sites for hydroxylation is 1. The Kier molecular flexibility index (Phi) is 4.50. The van der Waals surface area contributed by atoms with Crippen molar-refractivity contribution in [1.29, 1.82) is 0 Å². The minimum absolute atomic E-state index is 0.192. The minimum Gasteiger partial charge on any atom is -0.478 e. The van der Waals surface area contributed by atoms with Crippen LogP contribution in [0.2, 0.25) is 0 Å². The summed E-state index contributed by atoms with van der Waals surface area (Å²) in [4.78, 5) is 15.0. The summed E-state index contributed by atoms with van der Waals surface area (Å²) in [6.07, 6.45) is 3.84. The van der Waals surface area contributed by atoms with Crippen molar-refractivity contribution in [3.05, 3.63) is 65.4 Å². The number of nitrogens with zero attached hydrogens (tertiary/aromatic N) is 1. The van der Waals surface area contributed by atoms with E-state index in [1.54, 1.807) is 13.0 Å². The molecule has 0 aliphatic heterocycles. The molecule has 0 saturated carbocycles. The molecule has 2 aromatic rings. The molecule has 1 heterocycles. The summed E-state index contributed by atoms with van der Waals surface area (Å²) in [6, 6.07) is 13.0. The first kappa shape index (κ1) is 13.8. The van der Waals surface area contributed by atoms with Crippen LogP contribution < -0.4 is 4.74 Å². The molecular formula is C16H15NO3. The molecule has 4 nitrogen and oxygen atoms in total. The summed E-state index contributed by atoms with van der Waals surface area (Å²) in [6.45, 7) is 2.03. The molecule has 1 aromatic heterocycles. The van der Waals surface area contributed by atoms with Crippen molar-refractivity contribution in [3.63, 3.8) is 0 Å². The van der Waals surface area contributed by atoms with E-state index in [4.69, 9.17) is 9.84 Å². The molecule has 0 spiro atoms. The summed E-state index contributed by atoms with van der Waals surface area (Å²) >= 11 is 0. The summed E-state index contributed by atoms with van der Waals surface area (Å²) in [5.41, 5.74) is 1.74. The van der Waals surface area contributed by atoms with Crippen LogP contribution in [0.3, 0.4) is 0 Å². The Morgan fingerprint density at radius 1 is 1.25 bits per heavy atom. The Balaban J connectivity index is 1.93. The summed E-state index contributed by atoms with van der Waals surface area (Å²) in [5.74, 6) is -0.560. The third-order valence-electron chi connectivity index (χ3n) is 2.73. The fourth-order valence-electron chi connectivity index (χ4n) is 1.73. The van der Waals surface area contributed by atoms with Gasteiger partial charge in [0.2, 0.25) is 5.88 Å². The Labute approximate surface area is 117 Å². The molecular weight excluding hydrogens is 254 g/mol. The number of hydrogen-bond donors (Lipinski definition) is 1. The Morgan fingerprint density at radius 3 is 2.65 bits per heavy atom. The standard InChI is InChI=1S/C16H15NO3/c1-12-14(16(18)19)9-10-15(17-12)20-11-5-8-13-6-3-2-4-7-13/h2-10H,11H2,1H3,(H,18,19)/b8-5+. The lowest BCUT2D eigenvalue weighted by Gasteiger charge is -2.05. The number of carboxylic acids is 1. The lowest BCUT2D eigenvalue weighted by molar-refractivity contribution is 0.0695. The second kappa shape index (κ2) is 6.52. The third kappa shape index (κ3) is 3.68. The van der Waals surface area contributed by atoms with E-state index in [-0.39, 0.29) is 5.56 Å². The molecule has 0 unspecified atom stereocenters. The molecule has 0 fully saturated rings. The number of aromatic nitrogens is 1. The van der Waals surface area contributed by atoms with E-state index >= 15 is 0 Å². The van der Waals surface area contributed by atoms with Gasteiger partial charge in [0.1, 0.15) is 6.61 Å². The molecule has 1 aromatic carbocycles. The highest BCUT2D eigenvalue weighted by atomic mass is 16.5. The quantitative estimate of drug-likeness (QED) is 0.905. The molecule has 2 rings (SSSR count). The van der Waals surface area contributed by atoms with Crippen molar-refractivity contribution in [2.75, 3.05) is 6.61 Å². The van der Waals surface area contributed by atoms with Gasteiger partial charge in [-0.3, -0.25) is 0 Å². The molecule has 4 heteroatoms. The first-order chi connectivity index (χ1) is 9.66. The van der Waals surface area contributed by atoms with Crippen LogP contribution in [0.15, 0.2) is 48.5 Å². The van der Waals surface area contributed by atoms with E-state index in [1.165, 1.54) is 6.07 Å². The minimum atomic E-state index is -0.981. The van der Waals surface area contributed by atoms with Crippen LogP contribution in [0.25, 0.3) is 6.08 Å². The van der Waals surface area contributed by atoms with Gasteiger partial charge >= 0.3 is 5.97 Å². The molecule has 20 heavy (non-hydrogen) atoms. The Bertz CT molecular complexity index is 621. The maximum Gasteiger partial charge on any atom is 0.337 e. The van der Waals surface area contributed by atoms with Crippen LogP contribution in [-0.4, -0.2) is 22.7 Å². The lowest BCUT2D eigenvalue weighted by atomic mass is 10.2. The molecule has 0 amide bonds. The fraction of sp³-hybridized carbons (Fsp3) is 0.125. The number of ether oxygens (including phenoxy) is 1. The largest absolute Gasteiger partial charge is 0.478 e.